The summed E-state index contributed by atoms with van der Waals surface area (Å²) in [5, 5.41) is 0. The normalized spacial score (nSPS) is 12.1. The van der Waals surface area contributed by atoms with E-state index in [1.165, 1.54) is 77.7 Å². The van der Waals surface area contributed by atoms with E-state index >= 15 is 0 Å². The van der Waals surface area contributed by atoms with Gasteiger partial charge in [0.2, 0.25) is 10.0 Å². The van der Waals surface area contributed by atoms with Crippen LogP contribution < -0.4 is 0 Å². The van der Waals surface area contributed by atoms with Gasteiger partial charge in [0, 0.05) is 13.5 Å². The fourth-order valence-corrected chi connectivity index (χ4v) is 4.93. The van der Waals surface area contributed by atoms with Crippen molar-refractivity contribution in [2.75, 3.05) is 33.4 Å². The first kappa shape index (κ1) is 32.3. The fraction of sp³-hybridized carbons (Fsp3) is 0.962. The first-order chi connectivity index (χ1) is 15.8. The molecule has 33 heavy (non-hydrogen) atoms. The largest absolute Gasteiger partial charge is 0.353 e. The highest BCUT2D eigenvalue weighted by molar-refractivity contribution is 7.88. The van der Waals surface area contributed by atoms with Crippen LogP contribution in [0, 0.1) is 0 Å². The summed E-state index contributed by atoms with van der Waals surface area (Å²) in [6, 6.07) is 0. The van der Waals surface area contributed by atoms with Crippen LogP contribution in [0.2, 0.25) is 0 Å². The number of rotatable bonds is 24. The molecule has 0 bridgehead atoms. The highest BCUT2D eigenvalue weighted by atomic mass is 32.2. The maximum atomic E-state index is 12.3. The summed E-state index contributed by atoms with van der Waals surface area (Å²) in [5.74, 6) is -0.408. The lowest BCUT2D eigenvalue weighted by Gasteiger charge is -2.16. The van der Waals surface area contributed by atoms with E-state index in [9.17, 15) is 13.2 Å². The third kappa shape index (κ3) is 21.6. The molecular formula is C26H54N2O4S. The third-order valence-electron chi connectivity index (χ3n) is 6.11. The molecule has 0 N–H and O–H groups in total. The van der Waals surface area contributed by atoms with Gasteiger partial charge in [0.15, 0.2) is 0 Å². The van der Waals surface area contributed by atoms with Crippen LogP contribution in [0.25, 0.3) is 0 Å². The van der Waals surface area contributed by atoms with Crippen LogP contribution in [0.15, 0.2) is 0 Å². The third-order valence-corrected chi connectivity index (χ3v) is 7.78. The first-order valence-electron chi connectivity index (χ1n) is 13.6. The molecule has 0 rings (SSSR count). The van der Waals surface area contributed by atoms with E-state index in [1.807, 2.05) is 0 Å². The Morgan fingerprint density at radius 3 is 1.55 bits per heavy atom. The van der Waals surface area contributed by atoms with Gasteiger partial charge in [-0.2, -0.15) is 0 Å². The lowest BCUT2D eigenvalue weighted by molar-refractivity contribution is -0.166. The van der Waals surface area contributed by atoms with Crippen LogP contribution in [0.3, 0.4) is 0 Å². The highest BCUT2D eigenvalue weighted by Crippen LogP contribution is 2.13. The number of unbranched alkanes of at least 4 members (excludes halogenated alkanes) is 16. The molecule has 0 unspecified atom stereocenters. The zero-order valence-corrected chi connectivity index (χ0v) is 23.1. The van der Waals surface area contributed by atoms with E-state index in [0.29, 0.717) is 6.42 Å². The topological polar surface area (TPSA) is 66.9 Å². The van der Waals surface area contributed by atoms with Gasteiger partial charge >= 0.3 is 5.97 Å². The molecule has 0 aliphatic carbocycles. The number of hydrogen-bond acceptors (Lipinski definition) is 5. The zero-order valence-electron chi connectivity index (χ0n) is 22.3. The molecule has 6 nitrogen and oxygen atoms in total. The Hall–Kier alpha value is -0.660. The van der Waals surface area contributed by atoms with Gasteiger partial charge < -0.3 is 9.74 Å². The SMILES string of the molecule is CCCCCCCCCCCC(=O)ON(C)S(=O)(=O)CCCCCCCCCCCN(C)C. The van der Waals surface area contributed by atoms with Crippen molar-refractivity contribution in [3.05, 3.63) is 0 Å². The summed E-state index contributed by atoms with van der Waals surface area (Å²) in [6.45, 7) is 3.39. The van der Waals surface area contributed by atoms with E-state index in [1.54, 1.807) is 0 Å². The van der Waals surface area contributed by atoms with Crippen LogP contribution in [-0.2, 0) is 19.7 Å². The molecular weight excluding hydrogens is 436 g/mol. The number of carbonyl (C=O) groups is 1. The minimum Gasteiger partial charge on any atom is -0.353 e. The molecule has 0 radical (unpaired) electrons. The molecule has 0 aromatic rings. The fourth-order valence-electron chi connectivity index (χ4n) is 3.90. The van der Waals surface area contributed by atoms with Crippen molar-refractivity contribution in [1.82, 2.24) is 9.37 Å². The molecule has 0 aromatic heterocycles. The van der Waals surface area contributed by atoms with Crippen LogP contribution in [0.4, 0.5) is 0 Å². The van der Waals surface area contributed by atoms with Gasteiger partial charge in [0.1, 0.15) is 0 Å². The minimum absolute atomic E-state index is 0.0410. The Labute approximate surface area is 205 Å². The average molecular weight is 491 g/mol. The molecule has 0 atom stereocenters. The second-order valence-corrected chi connectivity index (χ2v) is 11.8. The predicted molar refractivity (Wildman–Crippen MR) is 140 cm³/mol. The summed E-state index contributed by atoms with van der Waals surface area (Å²) in [4.78, 5) is 19.2. The Bertz CT molecular complexity index is 552. The molecule has 0 aliphatic rings. The van der Waals surface area contributed by atoms with E-state index < -0.39 is 16.0 Å². The Kier molecular flexibility index (Phi) is 21.4. The van der Waals surface area contributed by atoms with E-state index in [0.717, 1.165) is 49.5 Å². The lowest BCUT2D eigenvalue weighted by Crippen LogP contribution is -2.31. The van der Waals surface area contributed by atoms with Gasteiger partial charge in [-0.25, -0.2) is 8.42 Å². The summed E-state index contributed by atoms with van der Waals surface area (Å²) in [7, 11) is 2.02. The summed E-state index contributed by atoms with van der Waals surface area (Å²) in [5.41, 5.74) is 0. The summed E-state index contributed by atoms with van der Waals surface area (Å²) < 4.78 is 25.4. The van der Waals surface area contributed by atoms with Crippen molar-refractivity contribution in [3.63, 3.8) is 0 Å². The van der Waals surface area contributed by atoms with Gasteiger partial charge in [-0.15, -0.1) is 0 Å². The van der Waals surface area contributed by atoms with Crippen molar-refractivity contribution < 1.29 is 18.0 Å². The van der Waals surface area contributed by atoms with Crippen LogP contribution in [0.1, 0.15) is 129 Å². The van der Waals surface area contributed by atoms with Gasteiger partial charge in [0.25, 0.3) is 0 Å². The van der Waals surface area contributed by atoms with Crippen LogP contribution in [0.5, 0.6) is 0 Å². The second-order valence-electron chi connectivity index (χ2n) is 9.75. The molecule has 198 valence electrons. The molecule has 0 saturated carbocycles. The maximum Gasteiger partial charge on any atom is 0.326 e. The van der Waals surface area contributed by atoms with Gasteiger partial charge in [0.05, 0.1) is 5.75 Å². The smallest absolute Gasteiger partial charge is 0.326 e. The van der Waals surface area contributed by atoms with Crippen molar-refractivity contribution in [2.24, 2.45) is 0 Å². The Morgan fingerprint density at radius 2 is 1.06 bits per heavy atom. The quantitative estimate of drug-likeness (QED) is 0.111. The van der Waals surface area contributed by atoms with Crippen molar-refractivity contribution in [2.45, 2.75) is 129 Å². The van der Waals surface area contributed by atoms with Gasteiger partial charge in [-0.05, 0) is 44.4 Å². The molecule has 0 fully saturated rings. The number of hydrogen-bond donors (Lipinski definition) is 0. The zero-order chi connectivity index (χ0) is 24.8. The molecule has 0 spiro atoms. The number of sulfonamides is 1. The first-order valence-corrected chi connectivity index (χ1v) is 15.2. The van der Waals surface area contributed by atoms with Crippen molar-refractivity contribution in [1.29, 1.82) is 0 Å². The standard InChI is InChI=1S/C26H54N2O4S/c1-5-6-7-8-9-11-14-17-20-23-26(29)32-28(4)33(30,31)25-22-19-16-13-10-12-15-18-21-24-27(2)3/h5-25H2,1-4H3. The van der Waals surface area contributed by atoms with Gasteiger partial charge in [-0.3, -0.25) is 4.79 Å². The Balaban J connectivity index is 3.67. The van der Waals surface area contributed by atoms with E-state index in [-0.39, 0.29) is 12.2 Å². The summed E-state index contributed by atoms with van der Waals surface area (Å²) in [6.07, 6.45) is 20.9. The number of carbonyl (C=O) groups excluding carboxylic acids is 1. The minimum atomic E-state index is -3.53. The molecule has 0 amide bonds. The summed E-state index contributed by atoms with van der Waals surface area (Å²) >= 11 is 0. The Morgan fingerprint density at radius 1 is 0.636 bits per heavy atom. The van der Waals surface area contributed by atoms with E-state index in [4.69, 9.17) is 4.84 Å². The molecule has 0 saturated heterocycles. The number of nitrogens with zero attached hydrogens (tertiary/aromatic N) is 2. The second kappa shape index (κ2) is 21.8. The lowest BCUT2D eigenvalue weighted by atomic mass is 10.1. The predicted octanol–water partition coefficient (Wildman–Crippen LogP) is 6.70. The average Bonchev–Trinajstić information content (AvgIpc) is 2.76. The van der Waals surface area contributed by atoms with Crippen molar-refractivity contribution >= 4 is 16.0 Å². The van der Waals surface area contributed by atoms with Crippen LogP contribution >= 0.6 is 0 Å². The van der Waals surface area contributed by atoms with Crippen molar-refractivity contribution in [3.8, 4) is 0 Å². The maximum absolute atomic E-state index is 12.3. The molecule has 0 aliphatic heterocycles. The number of hydroxylamine groups is 1. The van der Waals surface area contributed by atoms with Crippen LogP contribution in [-0.4, -0.2) is 57.2 Å². The molecule has 0 aromatic carbocycles. The monoisotopic (exact) mass is 490 g/mol. The van der Waals surface area contributed by atoms with Gasteiger partial charge in [-0.1, -0.05) is 103 Å². The van der Waals surface area contributed by atoms with E-state index in [2.05, 4.69) is 25.9 Å². The highest BCUT2D eigenvalue weighted by Gasteiger charge is 2.21. The molecule has 0 heterocycles. The molecule has 7 heteroatoms.